The maximum absolute atomic E-state index is 13.4. The van der Waals surface area contributed by atoms with E-state index in [0.717, 1.165) is 39.4 Å². The molecule has 0 spiro atoms. The van der Waals surface area contributed by atoms with Crippen LogP contribution in [0.3, 0.4) is 0 Å². The van der Waals surface area contributed by atoms with Crippen molar-refractivity contribution in [3.05, 3.63) is 125 Å². The van der Waals surface area contributed by atoms with Gasteiger partial charge in [-0.3, -0.25) is 14.4 Å². The Hall–Kier alpha value is -4.82. The number of anilines is 3. The third-order valence-electron chi connectivity index (χ3n) is 6.74. The normalized spacial score (nSPS) is 11.0. The molecule has 0 aromatic heterocycles. The number of hydrogen-bond acceptors (Lipinski definition) is 5. The van der Waals surface area contributed by atoms with Crippen LogP contribution in [0.25, 0.3) is 6.08 Å². The second-order valence-corrected chi connectivity index (χ2v) is 11.2. The summed E-state index contributed by atoms with van der Waals surface area (Å²) in [6.07, 6.45) is 2.49. The lowest BCUT2D eigenvalue weighted by Gasteiger charge is -2.14. The van der Waals surface area contributed by atoms with Crippen LogP contribution in [0.1, 0.15) is 34.0 Å². The largest absolute Gasteiger partial charge is 0.378 e. The lowest BCUT2D eigenvalue weighted by Crippen LogP contribution is -2.30. The van der Waals surface area contributed by atoms with Gasteiger partial charge in [-0.25, -0.2) is 0 Å². The number of rotatable bonds is 11. The molecule has 43 heavy (non-hydrogen) atoms. The van der Waals surface area contributed by atoms with Crippen LogP contribution in [0, 0.1) is 6.92 Å². The molecule has 3 N–H and O–H groups in total. The smallest absolute Gasteiger partial charge is 0.272 e. The van der Waals surface area contributed by atoms with Crippen molar-refractivity contribution >= 4 is 52.6 Å². The highest BCUT2D eigenvalue weighted by Gasteiger charge is 2.16. The van der Waals surface area contributed by atoms with Gasteiger partial charge in [0, 0.05) is 41.6 Å². The van der Waals surface area contributed by atoms with Crippen molar-refractivity contribution < 1.29 is 14.4 Å². The van der Waals surface area contributed by atoms with Crippen molar-refractivity contribution in [3.8, 4) is 0 Å². The number of amides is 3. The van der Waals surface area contributed by atoms with Gasteiger partial charge in [0.1, 0.15) is 5.70 Å². The van der Waals surface area contributed by atoms with E-state index in [1.54, 1.807) is 42.5 Å². The fraction of sp³-hybridized carbons (Fsp3) is 0.171. The van der Waals surface area contributed by atoms with Crippen molar-refractivity contribution in [2.75, 3.05) is 35.4 Å². The Morgan fingerprint density at radius 3 is 2.16 bits per heavy atom. The van der Waals surface area contributed by atoms with E-state index in [1.807, 2.05) is 86.6 Å². The maximum Gasteiger partial charge on any atom is 0.272 e. The van der Waals surface area contributed by atoms with E-state index in [0.29, 0.717) is 11.3 Å². The number of carbonyl (C=O) groups is 3. The quantitative estimate of drug-likeness (QED) is 0.132. The second-order valence-electron chi connectivity index (χ2n) is 10.1. The lowest BCUT2D eigenvalue weighted by molar-refractivity contribution is -0.114. The number of para-hydroxylation sites is 1. The molecular weight excluding hydrogens is 556 g/mol. The summed E-state index contributed by atoms with van der Waals surface area (Å²) in [6, 6.07) is 29.7. The van der Waals surface area contributed by atoms with Gasteiger partial charge in [-0.2, -0.15) is 0 Å². The standard InChI is InChI=1S/C35H36N4O3S/c1-5-26-13-9-10-24(2)33(26)38-32(40)23-43-30-20-16-28(17-21-30)36-35(42)31(37-34(41)27-11-7-6-8-12-27)22-25-14-18-29(19-15-25)39(3)4/h6-22H,5,23H2,1-4H3,(H,36,42)(H,37,41)(H,38,40)/b31-22-. The summed E-state index contributed by atoms with van der Waals surface area (Å²) in [5, 5.41) is 8.69. The highest BCUT2D eigenvalue weighted by atomic mass is 32.2. The van der Waals surface area contributed by atoms with Gasteiger partial charge in [0.25, 0.3) is 11.8 Å². The zero-order valence-electron chi connectivity index (χ0n) is 24.8. The molecule has 8 heteroatoms. The van der Waals surface area contributed by atoms with E-state index in [1.165, 1.54) is 11.8 Å². The SMILES string of the molecule is CCc1cccc(C)c1NC(=O)CSc1ccc(NC(=O)/C(=C/c2ccc(N(C)C)cc2)NC(=O)c2ccccc2)cc1. The third-order valence-corrected chi connectivity index (χ3v) is 7.75. The summed E-state index contributed by atoms with van der Waals surface area (Å²) < 4.78 is 0. The number of thioether (sulfide) groups is 1. The van der Waals surface area contributed by atoms with Gasteiger partial charge < -0.3 is 20.9 Å². The first-order valence-electron chi connectivity index (χ1n) is 14.0. The van der Waals surface area contributed by atoms with E-state index in [4.69, 9.17) is 0 Å². The molecule has 0 saturated carbocycles. The number of carbonyl (C=O) groups excluding carboxylic acids is 3. The van der Waals surface area contributed by atoms with Crippen molar-refractivity contribution in [1.82, 2.24) is 5.32 Å². The average Bonchev–Trinajstić information content (AvgIpc) is 3.02. The van der Waals surface area contributed by atoms with Crippen LogP contribution in [0.2, 0.25) is 0 Å². The van der Waals surface area contributed by atoms with Crippen LogP contribution in [-0.2, 0) is 16.0 Å². The molecule has 0 aliphatic carbocycles. The van der Waals surface area contributed by atoms with Crippen LogP contribution < -0.4 is 20.9 Å². The van der Waals surface area contributed by atoms with E-state index in [9.17, 15) is 14.4 Å². The maximum atomic E-state index is 13.4. The van der Waals surface area contributed by atoms with Crippen LogP contribution in [-0.4, -0.2) is 37.6 Å². The first kappa shape index (κ1) is 31.1. The Morgan fingerprint density at radius 2 is 1.51 bits per heavy atom. The van der Waals surface area contributed by atoms with E-state index in [-0.39, 0.29) is 23.3 Å². The summed E-state index contributed by atoms with van der Waals surface area (Å²) in [6.45, 7) is 4.06. The molecule has 0 saturated heterocycles. The third kappa shape index (κ3) is 8.83. The molecule has 3 amide bonds. The Labute approximate surface area is 257 Å². The molecule has 0 bridgehead atoms. The van der Waals surface area contributed by atoms with E-state index in [2.05, 4.69) is 22.9 Å². The van der Waals surface area contributed by atoms with Gasteiger partial charge >= 0.3 is 0 Å². The molecule has 0 unspecified atom stereocenters. The summed E-state index contributed by atoms with van der Waals surface area (Å²) in [5.41, 5.74) is 5.94. The van der Waals surface area contributed by atoms with Gasteiger partial charge in [-0.05, 0) is 84.6 Å². The molecule has 220 valence electrons. The summed E-state index contributed by atoms with van der Waals surface area (Å²) in [5.74, 6) is -0.651. The average molecular weight is 593 g/mol. The fourth-order valence-electron chi connectivity index (χ4n) is 4.34. The second kappa shape index (κ2) is 14.9. The van der Waals surface area contributed by atoms with Gasteiger partial charge in [-0.1, -0.05) is 55.5 Å². The number of nitrogens with zero attached hydrogens (tertiary/aromatic N) is 1. The summed E-state index contributed by atoms with van der Waals surface area (Å²) >= 11 is 1.42. The molecule has 0 aliphatic rings. The minimum atomic E-state index is -0.453. The Bertz CT molecular complexity index is 1600. The summed E-state index contributed by atoms with van der Waals surface area (Å²) in [7, 11) is 3.91. The fourth-order valence-corrected chi connectivity index (χ4v) is 5.04. The highest BCUT2D eigenvalue weighted by molar-refractivity contribution is 8.00. The molecule has 0 fully saturated rings. The summed E-state index contributed by atoms with van der Waals surface area (Å²) in [4.78, 5) is 41.8. The van der Waals surface area contributed by atoms with Gasteiger partial charge in [0.15, 0.2) is 0 Å². The number of benzene rings is 4. The Kier molecular flexibility index (Phi) is 10.8. The molecule has 0 aliphatic heterocycles. The number of nitrogens with one attached hydrogen (secondary N) is 3. The number of hydrogen-bond donors (Lipinski definition) is 3. The zero-order chi connectivity index (χ0) is 30.8. The predicted octanol–water partition coefficient (Wildman–Crippen LogP) is 6.76. The topological polar surface area (TPSA) is 90.5 Å². The Morgan fingerprint density at radius 1 is 0.814 bits per heavy atom. The van der Waals surface area contributed by atoms with Crippen LogP contribution in [0.15, 0.2) is 108 Å². The number of aryl methyl sites for hydroxylation is 2. The molecule has 0 radical (unpaired) electrons. The lowest BCUT2D eigenvalue weighted by atomic mass is 10.1. The van der Waals surface area contributed by atoms with Crippen molar-refractivity contribution in [2.24, 2.45) is 0 Å². The Balaban J connectivity index is 1.42. The molecule has 4 rings (SSSR count). The molecule has 0 heterocycles. The first-order chi connectivity index (χ1) is 20.7. The molecule has 4 aromatic rings. The van der Waals surface area contributed by atoms with Gasteiger partial charge in [-0.15, -0.1) is 11.8 Å². The zero-order valence-corrected chi connectivity index (χ0v) is 25.6. The van der Waals surface area contributed by atoms with Crippen LogP contribution in [0.4, 0.5) is 17.1 Å². The van der Waals surface area contributed by atoms with E-state index >= 15 is 0 Å². The van der Waals surface area contributed by atoms with E-state index < -0.39 is 5.91 Å². The molecular formula is C35H36N4O3S. The van der Waals surface area contributed by atoms with Crippen molar-refractivity contribution in [3.63, 3.8) is 0 Å². The first-order valence-corrected chi connectivity index (χ1v) is 15.0. The van der Waals surface area contributed by atoms with Gasteiger partial charge in [0.05, 0.1) is 5.75 Å². The van der Waals surface area contributed by atoms with Crippen LogP contribution >= 0.6 is 11.8 Å². The highest BCUT2D eigenvalue weighted by Crippen LogP contribution is 2.24. The van der Waals surface area contributed by atoms with Crippen LogP contribution in [0.5, 0.6) is 0 Å². The predicted molar refractivity (Wildman–Crippen MR) is 178 cm³/mol. The van der Waals surface area contributed by atoms with Crippen molar-refractivity contribution in [1.29, 1.82) is 0 Å². The molecule has 4 aromatic carbocycles. The minimum absolute atomic E-state index is 0.0751. The minimum Gasteiger partial charge on any atom is -0.378 e. The molecule has 7 nitrogen and oxygen atoms in total. The molecule has 0 atom stereocenters. The van der Waals surface area contributed by atoms with Crippen molar-refractivity contribution in [2.45, 2.75) is 25.2 Å². The monoisotopic (exact) mass is 592 g/mol. The van der Waals surface area contributed by atoms with Gasteiger partial charge in [0.2, 0.25) is 5.91 Å².